The molecule has 0 radical (unpaired) electrons. The van der Waals surface area contributed by atoms with Crippen LogP contribution in [-0.4, -0.2) is 34.1 Å². The summed E-state index contributed by atoms with van der Waals surface area (Å²) in [4.78, 5) is 12.8. The number of carbonyl (C=O) groups excluding carboxylic acids is 1. The minimum atomic E-state index is -4.56. The Balaban J connectivity index is 1.52. The van der Waals surface area contributed by atoms with Gasteiger partial charge in [0.05, 0.1) is 19.3 Å². The number of para-hydroxylation sites is 1. The van der Waals surface area contributed by atoms with Crippen molar-refractivity contribution >= 4 is 34.7 Å². The molecule has 12 heteroatoms. The SMILES string of the molecule is COc1ccc([C@H]2C[C@@H](C(F)(F)F)n3ncc(C(=O)NNC(=S)Nc4ccccc4C)c3N2)cc1. The minimum absolute atomic E-state index is 0.0310. The molecule has 1 aliphatic heterocycles. The maximum absolute atomic E-state index is 13.9. The van der Waals surface area contributed by atoms with Crippen LogP contribution in [0.4, 0.5) is 24.7 Å². The van der Waals surface area contributed by atoms with Gasteiger partial charge in [0.2, 0.25) is 0 Å². The van der Waals surface area contributed by atoms with E-state index in [-0.39, 0.29) is 22.9 Å². The highest BCUT2D eigenvalue weighted by molar-refractivity contribution is 7.80. The van der Waals surface area contributed by atoms with Crippen LogP contribution in [0.15, 0.2) is 54.7 Å². The van der Waals surface area contributed by atoms with E-state index in [9.17, 15) is 18.0 Å². The van der Waals surface area contributed by atoms with Crippen LogP contribution < -0.4 is 26.2 Å². The monoisotopic (exact) mass is 504 g/mol. The maximum atomic E-state index is 13.9. The Hall–Kier alpha value is -3.80. The highest BCUT2D eigenvalue weighted by atomic mass is 32.1. The van der Waals surface area contributed by atoms with Crippen LogP contribution in [0.25, 0.3) is 0 Å². The first-order valence-electron chi connectivity index (χ1n) is 10.6. The third-order valence-electron chi connectivity index (χ3n) is 5.68. The highest BCUT2D eigenvalue weighted by Gasteiger charge is 2.47. The Kier molecular flexibility index (Phi) is 6.83. The standard InChI is InChI=1S/C23H23F3N6O2S/c1-13-5-3-4-6-17(13)29-22(35)31-30-21(33)16-12-27-32-19(23(24,25)26)11-18(28-20(16)32)14-7-9-15(34-2)10-8-14/h3-10,12,18-19,28H,11H2,1-2H3,(H,30,33)(H2,29,31,35)/t18-,19+/m1/s1. The molecule has 4 rings (SSSR count). The normalized spacial score (nSPS) is 17.1. The molecule has 3 aromatic rings. The Morgan fingerprint density at radius 2 is 1.89 bits per heavy atom. The van der Waals surface area contributed by atoms with Gasteiger partial charge in [-0.2, -0.15) is 18.3 Å². The summed E-state index contributed by atoms with van der Waals surface area (Å²) in [5.74, 6) is -0.135. The van der Waals surface area contributed by atoms with Crippen LogP contribution in [0.5, 0.6) is 5.75 Å². The largest absolute Gasteiger partial charge is 0.497 e. The van der Waals surface area contributed by atoms with Crippen molar-refractivity contribution in [3.63, 3.8) is 0 Å². The van der Waals surface area contributed by atoms with E-state index in [2.05, 4.69) is 26.6 Å². The number of amides is 1. The summed E-state index contributed by atoms with van der Waals surface area (Å²) in [6.07, 6.45) is -3.74. The van der Waals surface area contributed by atoms with Gasteiger partial charge in [0, 0.05) is 12.1 Å². The zero-order chi connectivity index (χ0) is 25.2. The Labute approximate surface area is 204 Å². The third-order valence-corrected chi connectivity index (χ3v) is 5.89. The van der Waals surface area contributed by atoms with Gasteiger partial charge < -0.3 is 15.4 Å². The Morgan fingerprint density at radius 3 is 2.54 bits per heavy atom. The molecule has 4 N–H and O–H groups in total. The summed E-state index contributed by atoms with van der Waals surface area (Å²) in [5.41, 5.74) is 7.25. The number of benzene rings is 2. The fourth-order valence-corrected chi connectivity index (χ4v) is 3.99. The topological polar surface area (TPSA) is 92.2 Å². The molecule has 0 unspecified atom stereocenters. The van der Waals surface area contributed by atoms with Gasteiger partial charge in [-0.05, 0) is 48.5 Å². The number of halogens is 3. The van der Waals surface area contributed by atoms with Crippen molar-refractivity contribution in [3.05, 3.63) is 71.4 Å². The lowest BCUT2D eigenvalue weighted by Crippen LogP contribution is -2.44. The average molecular weight is 505 g/mol. The van der Waals surface area contributed by atoms with E-state index >= 15 is 0 Å². The second-order valence-electron chi connectivity index (χ2n) is 7.96. The summed E-state index contributed by atoms with van der Waals surface area (Å²) in [6, 6.07) is 11.5. The molecule has 0 saturated carbocycles. The van der Waals surface area contributed by atoms with Gasteiger partial charge in [0.1, 0.15) is 17.1 Å². The van der Waals surface area contributed by atoms with E-state index in [4.69, 9.17) is 17.0 Å². The first kappa shape index (κ1) is 24.3. The summed E-state index contributed by atoms with van der Waals surface area (Å²) in [5, 5.41) is 9.97. The van der Waals surface area contributed by atoms with Crippen molar-refractivity contribution < 1.29 is 22.7 Å². The zero-order valence-corrected chi connectivity index (χ0v) is 19.6. The lowest BCUT2D eigenvalue weighted by Gasteiger charge is -2.34. The van der Waals surface area contributed by atoms with E-state index < -0.39 is 24.2 Å². The van der Waals surface area contributed by atoms with Crippen molar-refractivity contribution in [3.8, 4) is 5.75 Å². The molecular weight excluding hydrogens is 481 g/mol. The first-order chi connectivity index (χ1) is 16.7. The molecule has 8 nitrogen and oxygen atoms in total. The summed E-state index contributed by atoms with van der Waals surface area (Å²) < 4.78 is 47.6. The summed E-state index contributed by atoms with van der Waals surface area (Å²) in [7, 11) is 1.51. The third kappa shape index (κ3) is 5.32. The van der Waals surface area contributed by atoms with Gasteiger partial charge in [0.15, 0.2) is 11.2 Å². The molecule has 1 aromatic heterocycles. The second kappa shape index (κ2) is 9.82. The molecule has 1 amide bonds. The van der Waals surface area contributed by atoms with Crippen molar-refractivity contribution in [2.45, 2.75) is 31.6 Å². The van der Waals surface area contributed by atoms with Gasteiger partial charge in [-0.25, -0.2) is 4.68 Å². The minimum Gasteiger partial charge on any atom is -0.497 e. The molecular formula is C23H23F3N6O2S. The van der Waals surface area contributed by atoms with Crippen LogP contribution in [0.1, 0.15) is 40.0 Å². The van der Waals surface area contributed by atoms with E-state index in [0.717, 1.165) is 22.1 Å². The van der Waals surface area contributed by atoms with Gasteiger partial charge in [-0.15, -0.1) is 0 Å². The number of thiocarbonyl (C=S) groups is 1. The van der Waals surface area contributed by atoms with E-state index in [1.807, 2.05) is 31.2 Å². The lowest BCUT2D eigenvalue weighted by atomic mass is 9.96. The highest BCUT2D eigenvalue weighted by Crippen LogP contribution is 2.44. The van der Waals surface area contributed by atoms with Gasteiger partial charge in [0.25, 0.3) is 5.91 Å². The number of methoxy groups -OCH3 is 1. The molecule has 0 aliphatic carbocycles. The quantitative estimate of drug-likeness (QED) is 0.307. The molecule has 0 fully saturated rings. The number of alkyl halides is 3. The molecule has 0 saturated heterocycles. The van der Waals surface area contributed by atoms with Crippen LogP contribution >= 0.6 is 12.2 Å². The molecule has 2 aromatic carbocycles. The number of anilines is 2. The molecule has 0 spiro atoms. The van der Waals surface area contributed by atoms with Crippen molar-refractivity contribution in [2.24, 2.45) is 0 Å². The summed E-state index contributed by atoms with van der Waals surface area (Å²) >= 11 is 5.20. The number of aryl methyl sites for hydroxylation is 1. The van der Waals surface area contributed by atoms with Crippen molar-refractivity contribution in [2.75, 3.05) is 17.7 Å². The number of hydrogen-bond acceptors (Lipinski definition) is 5. The molecule has 35 heavy (non-hydrogen) atoms. The second-order valence-corrected chi connectivity index (χ2v) is 8.37. The van der Waals surface area contributed by atoms with Crippen molar-refractivity contribution in [1.82, 2.24) is 20.6 Å². The van der Waals surface area contributed by atoms with E-state index in [1.165, 1.54) is 7.11 Å². The lowest BCUT2D eigenvalue weighted by molar-refractivity contribution is -0.173. The number of rotatable bonds is 4. The summed E-state index contributed by atoms with van der Waals surface area (Å²) in [6.45, 7) is 1.89. The maximum Gasteiger partial charge on any atom is 0.410 e. The fourth-order valence-electron chi connectivity index (χ4n) is 3.83. The number of hydrazine groups is 1. The van der Waals surface area contributed by atoms with E-state index in [0.29, 0.717) is 11.3 Å². The smallest absolute Gasteiger partial charge is 0.410 e. The van der Waals surface area contributed by atoms with Gasteiger partial charge >= 0.3 is 6.18 Å². The fraction of sp³-hybridized carbons (Fsp3) is 0.261. The van der Waals surface area contributed by atoms with Gasteiger partial charge in [-0.3, -0.25) is 15.6 Å². The van der Waals surface area contributed by atoms with Crippen LogP contribution in [-0.2, 0) is 0 Å². The molecule has 0 bridgehead atoms. The molecule has 1 aliphatic rings. The first-order valence-corrected chi connectivity index (χ1v) is 11.1. The predicted molar refractivity (Wildman–Crippen MR) is 129 cm³/mol. The van der Waals surface area contributed by atoms with Crippen LogP contribution in [0.3, 0.4) is 0 Å². The number of nitrogens with one attached hydrogen (secondary N) is 4. The van der Waals surface area contributed by atoms with E-state index in [1.54, 1.807) is 24.3 Å². The number of nitrogens with zero attached hydrogens (tertiary/aromatic N) is 2. The Morgan fingerprint density at radius 1 is 1.17 bits per heavy atom. The van der Waals surface area contributed by atoms with Crippen LogP contribution in [0, 0.1) is 6.92 Å². The van der Waals surface area contributed by atoms with Crippen molar-refractivity contribution in [1.29, 1.82) is 0 Å². The Bertz CT molecular complexity index is 1230. The number of fused-ring (bicyclic) bond motifs is 1. The molecule has 2 atom stereocenters. The molecule has 184 valence electrons. The number of carbonyl (C=O) groups is 1. The molecule has 2 heterocycles. The van der Waals surface area contributed by atoms with Gasteiger partial charge in [-0.1, -0.05) is 30.3 Å². The number of ether oxygens (including phenoxy) is 1. The number of hydrogen-bond donors (Lipinski definition) is 4. The zero-order valence-electron chi connectivity index (χ0n) is 18.8. The predicted octanol–water partition coefficient (Wildman–Crippen LogP) is 4.49. The number of aromatic nitrogens is 2. The van der Waals surface area contributed by atoms with Crippen LogP contribution in [0.2, 0.25) is 0 Å². The average Bonchev–Trinajstić information content (AvgIpc) is 3.27.